The minimum atomic E-state index is -3.44. The van der Waals surface area contributed by atoms with Crippen LogP contribution < -0.4 is 5.73 Å². The number of ether oxygens (including phenoxy) is 1. The van der Waals surface area contributed by atoms with Gasteiger partial charge >= 0.3 is 0 Å². The predicted molar refractivity (Wildman–Crippen MR) is 74.2 cm³/mol. The van der Waals surface area contributed by atoms with Crippen molar-refractivity contribution in [1.29, 1.82) is 0 Å². The highest BCUT2D eigenvalue weighted by Gasteiger charge is 2.32. The van der Waals surface area contributed by atoms with Crippen LogP contribution in [0.1, 0.15) is 6.42 Å². The molecule has 5 nitrogen and oxygen atoms in total. The van der Waals surface area contributed by atoms with E-state index in [2.05, 4.69) is 6.58 Å². The minimum Gasteiger partial charge on any atom is -0.399 e. The molecule has 1 saturated heterocycles. The molecule has 0 aliphatic carbocycles. The second-order valence-corrected chi connectivity index (χ2v) is 6.40. The van der Waals surface area contributed by atoms with E-state index in [9.17, 15) is 8.42 Å². The number of anilines is 1. The summed E-state index contributed by atoms with van der Waals surface area (Å²) in [6, 6.07) is 6.24. The van der Waals surface area contributed by atoms with Crippen molar-refractivity contribution in [2.45, 2.75) is 17.4 Å². The molecule has 0 saturated carbocycles. The van der Waals surface area contributed by atoms with Crippen molar-refractivity contribution in [2.24, 2.45) is 0 Å². The lowest BCUT2D eigenvalue weighted by Crippen LogP contribution is -2.30. The molecule has 0 amide bonds. The van der Waals surface area contributed by atoms with Gasteiger partial charge in [0.25, 0.3) is 0 Å². The third-order valence-electron chi connectivity index (χ3n) is 3.08. The molecule has 1 aliphatic heterocycles. The highest BCUT2D eigenvalue weighted by Crippen LogP contribution is 2.23. The van der Waals surface area contributed by atoms with Crippen LogP contribution in [0.3, 0.4) is 0 Å². The summed E-state index contributed by atoms with van der Waals surface area (Å²) in [4.78, 5) is 0.270. The number of nitrogens with zero attached hydrogens (tertiary/aromatic N) is 1. The van der Waals surface area contributed by atoms with Gasteiger partial charge in [-0.05, 0) is 30.7 Å². The van der Waals surface area contributed by atoms with Gasteiger partial charge in [0.05, 0.1) is 17.6 Å². The first-order valence-electron chi connectivity index (χ1n) is 6.12. The first kappa shape index (κ1) is 14.0. The van der Waals surface area contributed by atoms with Crippen molar-refractivity contribution in [3.8, 4) is 0 Å². The van der Waals surface area contributed by atoms with Gasteiger partial charge in [0.2, 0.25) is 10.0 Å². The zero-order chi connectivity index (χ0) is 13.9. The van der Waals surface area contributed by atoms with Crippen LogP contribution in [-0.4, -0.2) is 38.5 Å². The van der Waals surface area contributed by atoms with Gasteiger partial charge in [-0.3, -0.25) is 0 Å². The van der Waals surface area contributed by atoms with Crippen molar-refractivity contribution in [1.82, 2.24) is 4.31 Å². The Morgan fingerprint density at radius 1 is 1.42 bits per heavy atom. The van der Waals surface area contributed by atoms with Gasteiger partial charge in [0, 0.05) is 18.8 Å². The average molecular weight is 282 g/mol. The van der Waals surface area contributed by atoms with Crippen molar-refractivity contribution in [2.75, 3.05) is 25.4 Å². The third-order valence-corrected chi connectivity index (χ3v) is 4.95. The largest absolute Gasteiger partial charge is 0.399 e. The molecule has 1 aliphatic rings. The zero-order valence-corrected chi connectivity index (χ0v) is 11.5. The molecule has 2 N–H and O–H groups in total. The molecule has 6 heteroatoms. The number of nitrogens with two attached hydrogens (primary N) is 1. The molecule has 1 aromatic carbocycles. The predicted octanol–water partition coefficient (Wildman–Crippen LogP) is 1.23. The van der Waals surface area contributed by atoms with E-state index < -0.39 is 10.0 Å². The second kappa shape index (κ2) is 5.73. The third kappa shape index (κ3) is 3.15. The lowest BCUT2D eigenvalue weighted by Gasteiger charge is -2.16. The van der Waals surface area contributed by atoms with Crippen molar-refractivity contribution >= 4 is 15.7 Å². The molecule has 0 aromatic heterocycles. The highest BCUT2D eigenvalue weighted by atomic mass is 32.2. The summed E-state index contributed by atoms with van der Waals surface area (Å²) in [6.45, 7) is 4.89. The fraction of sp³-hybridized carbons (Fsp3) is 0.385. The molecule has 1 atom stereocenters. The lowest BCUT2D eigenvalue weighted by molar-refractivity contribution is 0.0856. The molecule has 0 radical (unpaired) electrons. The van der Waals surface area contributed by atoms with Crippen LogP contribution in [0.5, 0.6) is 0 Å². The summed E-state index contributed by atoms with van der Waals surface area (Å²) in [5.74, 6) is 0. The Kier molecular flexibility index (Phi) is 4.24. The van der Waals surface area contributed by atoms with Crippen LogP contribution in [0.4, 0.5) is 5.69 Å². The number of hydrogen-bond acceptors (Lipinski definition) is 4. The summed E-state index contributed by atoms with van der Waals surface area (Å²) < 4.78 is 31.7. The van der Waals surface area contributed by atoms with Crippen LogP contribution in [0, 0.1) is 0 Å². The van der Waals surface area contributed by atoms with Gasteiger partial charge in [-0.15, -0.1) is 6.58 Å². The van der Waals surface area contributed by atoms with E-state index in [1.165, 1.54) is 16.4 Å². The standard InChI is InChI=1S/C13H18N2O3S/c1-2-9-18-12-7-8-15(10-12)19(16,17)13-5-3-11(14)4-6-13/h2-6,12H,1,7-10,14H2/t12-/m0/s1. The Morgan fingerprint density at radius 3 is 2.74 bits per heavy atom. The van der Waals surface area contributed by atoms with E-state index in [4.69, 9.17) is 10.5 Å². The summed E-state index contributed by atoms with van der Waals surface area (Å²) in [6.07, 6.45) is 2.32. The van der Waals surface area contributed by atoms with Crippen molar-refractivity contribution < 1.29 is 13.2 Å². The topological polar surface area (TPSA) is 72.6 Å². The Hall–Kier alpha value is -1.37. The van der Waals surface area contributed by atoms with Gasteiger partial charge in [-0.2, -0.15) is 4.31 Å². The van der Waals surface area contributed by atoms with E-state index in [0.717, 1.165) is 0 Å². The average Bonchev–Trinajstić information content (AvgIpc) is 2.86. The zero-order valence-electron chi connectivity index (χ0n) is 10.7. The first-order valence-corrected chi connectivity index (χ1v) is 7.56. The highest BCUT2D eigenvalue weighted by molar-refractivity contribution is 7.89. The Balaban J connectivity index is 2.09. The summed E-state index contributed by atoms with van der Waals surface area (Å²) >= 11 is 0. The maximum Gasteiger partial charge on any atom is 0.243 e. The first-order chi connectivity index (χ1) is 9.04. The molecule has 19 heavy (non-hydrogen) atoms. The number of benzene rings is 1. The van der Waals surface area contributed by atoms with E-state index in [1.807, 2.05) is 0 Å². The Bertz CT molecular complexity index is 540. The van der Waals surface area contributed by atoms with E-state index in [1.54, 1.807) is 18.2 Å². The molecule has 104 valence electrons. The minimum absolute atomic E-state index is 0.0541. The maximum atomic E-state index is 12.4. The number of hydrogen-bond donors (Lipinski definition) is 1. The molecule has 1 aromatic rings. The van der Waals surface area contributed by atoms with Crippen LogP contribution >= 0.6 is 0 Å². The van der Waals surface area contributed by atoms with Gasteiger partial charge in [0.15, 0.2) is 0 Å². The normalized spacial score (nSPS) is 20.5. The van der Waals surface area contributed by atoms with Gasteiger partial charge < -0.3 is 10.5 Å². The molecular formula is C13H18N2O3S. The van der Waals surface area contributed by atoms with E-state index in [0.29, 0.717) is 31.8 Å². The second-order valence-electron chi connectivity index (χ2n) is 4.46. The fourth-order valence-corrected chi connectivity index (χ4v) is 3.53. The Morgan fingerprint density at radius 2 is 2.11 bits per heavy atom. The monoisotopic (exact) mass is 282 g/mol. The molecule has 0 bridgehead atoms. The molecule has 1 fully saturated rings. The number of nitrogen functional groups attached to an aromatic ring is 1. The smallest absolute Gasteiger partial charge is 0.243 e. The van der Waals surface area contributed by atoms with Crippen LogP contribution in [0.25, 0.3) is 0 Å². The number of sulfonamides is 1. The summed E-state index contributed by atoms with van der Waals surface area (Å²) in [5, 5.41) is 0. The number of rotatable bonds is 5. The van der Waals surface area contributed by atoms with Crippen molar-refractivity contribution in [3.63, 3.8) is 0 Å². The van der Waals surface area contributed by atoms with Gasteiger partial charge in [0.1, 0.15) is 0 Å². The fourth-order valence-electron chi connectivity index (χ4n) is 2.05. The summed E-state index contributed by atoms with van der Waals surface area (Å²) in [7, 11) is -3.44. The SMILES string of the molecule is C=CCO[C@H]1CCN(S(=O)(=O)c2ccc(N)cc2)C1. The van der Waals surface area contributed by atoms with E-state index in [-0.39, 0.29) is 11.0 Å². The Labute approximate surface area is 113 Å². The molecule has 1 heterocycles. The molecule has 2 rings (SSSR count). The molecular weight excluding hydrogens is 264 g/mol. The van der Waals surface area contributed by atoms with Crippen LogP contribution in [0.2, 0.25) is 0 Å². The molecule has 0 spiro atoms. The van der Waals surface area contributed by atoms with Gasteiger partial charge in [-0.1, -0.05) is 6.08 Å². The van der Waals surface area contributed by atoms with E-state index >= 15 is 0 Å². The van der Waals surface area contributed by atoms with Crippen LogP contribution in [-0.2, 0) is 14.8 Å². The lowest BCUT2D eigenvalue weighted by atomic mass is 10.3. The molecule has 0 unspecified atom stereocenters. The van der Waals surface area contributed by atoms with Crippen molar-refractivity contribution in [3.05, 3.63) is 36.9 Å². The van der Waals surface area contributed by atoms with Crippen LogP contribution in [0.15, 0.2) is 41.8 Å². The van der Waals surface area contributed by atoms with Gasteiger partial charge in [-0.25, -0.2) is 8.42 Å². The maximum absolute atomic E-state index is 12.4. The quantitative estimate of drug-likeness (QED) is 0.651. The summed E-state index contributed by atoms with van der Waals surface area (Å²) in [5.41, 5.74) is 6.11.